The molecule has 0 spiro atoms. The molecule has 1 aromatic carbocycles. The van der Waals surface area contributed by atoms with Gasteiger partial charge in [0, 0.05) is 31.3 Å². The lowest BCUT2D eigenvalue weighted by Gasteiger charge is -2.11. The first-order valence-corrected chi connectivity index (χ1v) is 8.74. The summed E-state index contributed by atoms with van der Waals surface area (Å²) in [5.41, 5.74) is 3.18. The maximum Gasteiger partial charge on any atom is 0.341 e. The number of carbonyl (C=O) groups is 1. The molecule has 0 radical (unpaired) electrons. The van der Waals surface area contributed by atoms with E-state index in [2.05, 4.69) is 10.1 Å². The Kier molecular flexibility index (Phi) is 4.49. The first kappa shape index (κ1) is 17.7. The van der Waals surface area contributed by atoms with Gasteiger partial charge in [-0.1, -0.05) is 24.3 Å². The fraction of sp³-hybridized carbons (Fsp3) is 0.143. The van der Waals surface area contributed by atoms with Gasteiger partial charge in [0.15, 0.2) is 0 Å². The Morgan fingerprint density at radius 1 is 1.14 bits per heavy atom. The molecule has 140 valence electrons. The molecule has 0 saturated heterocycles. The molecule has 0 atom stereocenters. The molecule has 4 rings (SSSR count). The first-order valence-electron chi connectivity index (χ1n) is 8.74. The number of carbonyl (C=O) groups excluding carboxylic acids is 1. The predicted molar refractivity (Wildman–Crippen MR) is 104 cm³/mol. The zero-order valence-electron chi connectivity index (χ0n) is 15.5. The first-order chi connectivity index (χ1) is 13.6. The van der Waals surface area contributed by atoms with Crippen molar-refractivity contribution in [2.45, 2.75) is 13.5 Å². The quantitative estimate of drug-likeness (QED) is 0.513. The van der Waals surface area contributed by atoms with Gasteiger partial charge in [-0.15, -0.1) is 0 Å². The van der Waals surface area contributed by atoms with E-state index in [1.54, 1.807) is 29.4 Å². The molecule has 0 saturated carbocycles. The normalized spacial score (nSPS) is 10.9. The molecule has 3 heterocycles. The molecule has 2 aliphatic heterocycles. The molecule has 7 nitrogen and oxygen atoms in total. The molecule has 2 aromatic rings. The molecule has 0 bridgehead atoms. The van der Waals surface area contributed by atoms with Crippen molar-refractivity contribution < 1.29 is 9.53 Å². The average molecular weight is 374 g/mol. The third-order valence-electron chi connectivity index (χ3n) is 4.56. The Bertz CT molecular complexity index is 1180. The monoisotopic (exact) mass is 374 g/mol. The minimum Gasteiger partial charge on any atom is -0.465 e. The third-order valence-corrected chi connectivity index (χ3v) is 4.56. The largest absolute Gasteiger partial charge is 0.465 e. The van der Waals surface area contributed by atoms with Crippen LogP contribution in [-0.2, 0) is 11.3 Å². The fourth-order valence-corrected chi connectivity index (χ4v) is 3.18. The van der Waals surface area contributed by atoms with E-state index in [-0.39, 0.29) is 11.1 Å². The Balaban J connectivity index is 1.92. The van der Waals surface area contributed by atoms with Gasteiger partial charge in [-0.25, -0.2) is 4.79 Å². The van der Waals surface area contributed by atoms with Crippen LogP contribution in [0.3, 0.4) is 0 Å². The number of hydrogen-bond acceptors (Lipinski definition) is 5. The summed E-state index contributed by atoms with van der Waals surface area (Å²) in [5.74, 6) is -0.542. The number of hydrogen-bond donors (Lipinski definition) is 0. The van der Waals surface area contributed by atoms with Gasteiger partial charge in [-0.2, -0.15) is 9.78 Å². The van der Waals surface area contributed by atoms with Gasteiger partial charge in [0.25, 0.3) is 5.56 Å². The number of esters is 1. The molecule has 0 amide bonds. The smallest absolute Gasteiger partial charge is 0.341 e. The van der Waals surface area contributed by atoms with Crippen molar-refractivity contribution >= 4 is 5.97 Å². The van der Waals surface area contributed by atoms with E-state index < -0.39 is 5.97 Å². The molecular weight excluding hydrogens is 356 g/mol. The predicted octanol–water partition coefficient (Wildman–Crippen LogP) is 2.68. The van der Waals surface area contributed by atoms with Crippen LogP contribution in [0.2, 0.25) is 0 Å². The summed E-state index contributed by atoms with van der Waals surface area (Å²) in [6, 6.07) is 11.2. The molecule has 7 heteroatoms. The van der Waals surface area contributed by atoms with Gasteiger partial charge >= 0.3 is 5.97 Å². The molecule has 0 N–H and O–H groups in total. The van der Waals surface area contributed by atoms with Crippen molar-refractivity contribution in [1.82, 2.24) is 19.3 Å². The lowest BCUT2D eigenvalue weighted by atomic mass is 10.1. The zero-order chi connectivity index (χ0) is 19.7. The number of aryl methyl sites for hydroxylation is 1. The SMILES string of the molecule is COC(=O)c1cn(Cc2cccnc2)cc2c(=O)n(-c3ccccc3C)nc1-2. The Morgan fingerprint density at radius 2 is 1.96 bits per heavy atom. The molecule has 28 heavy (non-hydrogen) atoms. The highest BCUT2D eigenvalue weighted by molar-refractivity contribution is 5.96. The summed E-state index contributed by atoms with van der Waals surface area (Å²) in [5, 5.41) is 4.44. The Labute approximate surface area is 161 Å². The number of para-hydroxylation sites is 1. The second-order valence-corrected chi connectivity index (χ2v) is 6.46. The lowest BCUT2D eigenvalue weighted by molar-refractivity contribution is 0.0600. The number of pyridine rings is 2. The van der Waals surface area contributed by atoms with Crippen LogP contribution in [-0.4, -0.2) is 32.4 Å². The van der Waals surface area contributed by atoms with E-state index in [0.717, 1.165) is 11.1 Å². The van der Waals surface area contributed by atoms with Crippen LogP contribution in [0.25, 0.3) is 16.9 Å². The molecule has 2 aliphatic rings. The summed E-state index contributed by atoms with van der Waals surface area (Å²) in [6.07, 6.45) is 6.79. The molecule has 0 aliphatic carbocycles. The molecule has 0 fully saturated rings. The average Bonchev–Trinajstić information content (AvgIpc) is 3.04. The number of fused-ring (bicyclic) bond motifs is 1. The minimum atomic E-state index is -0.542. The number of aromatic nitrogens is 4. The van der Waals surface area contributed by atoms with Crippen molar-refractivity contribution in [3.8, 4) is 16.9 Å². The summed E-state index contributed by atoms with van der Waals surface area (Å²) in [6.45, 7) is 2.37. The number of methoxy groups -OCH3 is 1. The van der Waals surface area contributed by atoms with Gasteiger partial charge in [0.05, 0.1) is 18.4 Å². The summed E-state index contributed by atoms with van der Waals surface area (Å²) < 4.78 is 8.02. The van der Waals surface area contributed by atoms with Crippen LogP contribution >= 0.6 is 0 Å². The molecular formula is C21H18N4O3. The van der Waals surface area contributed by atoms with Gasteiger partial charge in [-0.05, 0) is 30.2 Å². The summed E-state index contributed by atoms with van der Waals surface area (Å²) >= 11 is 0. The number of ether oxygens (including phenoxy) is 1. The Morgan fingerprint density at radius 3 is 2.68 bits per heavy atom. The lowest BCUT2D eigenvalue weighted by Crippen LogP contribution is -2.16. The van der Waals surface area contributed by atoms with E-state index in [0.29, 0.717) is 23.5 Å². The third kappa shape index (κ3) is 3.07. The highest BCUT2D eigenvalue weighted by atomic mass is 16.5. The second kappa shape index (κ2) is 7.11. The van der Waals surface area contributed by atoms with E-state index in [1.807, 2.05) is 43.3 Å². The van der Waals surface area contributed by atoms with Crippen LogP contribution in [0.5, 0.6) is 0 Å². The van der Waals surface area contributed by atoms with Crippen LogP contribution < -0.4 is 5.56 Å². The summed E-state index contributed by atoms with van der Waals surface area (Å²) in [7, 11) is 1.31. The number of benzene rings is 1. The van der Waals surface area contributed by atoms with Gasteiger partial charge in [0.2, 0.25) is 0 Å². The maximum absolute atomic E-state index is 13.1. The van der Waals surface area contributed by atoms with Crippen molar-refractivity contribution in [3.63, 3.8) is 0 Å². The summed E-state index contributed by atoms with van der Waals surface area (Å²) in [4.78, 5) is 29.5. The number of nitrogens with zero attached hydrogens (tertiary/aromatic N) is 4. The maximum atomic E-state index is 13.1. The minimum absolute atomic E-state index is 0.244. The van der Waals surface area contributed by atoms with Gasteiger partial charge in [-0.3, -0.25) is 9.78 Å². The van der Waals surface area contributed by atoms with E-state index >= 15 is 0 Å². The highest BCUT2D eigenvalue weighted by Crippen LogP contribution is 2.24. The highest BCUT2D eigenvalue weighted by Gasteiger charge is 2.25. The topological polar surface area (TPSA) is 79.0 Å². The van der Waals surface area contributed by atoms with Crippen molar-refractivity contribution in [1.29, 1.82) is 0 Å². The van der Waals surface area contributed by atoms with Crippen molar-refractivity contribution in [2.24, 2.45) is 0 Å². The molecule has 1 aromatic heterocycles. The zero-order valence-corrected chi connectivity index (χ0v) is 15.5. The fourth-order valence-electron chi connectivity index (χ4n) is 3.18. The standard InChI is InChI=1S/C21H18N4O3/c1-14-6-3-4-8-18(14)25-20(26)16-12-24(11-15-7-5-9-22-10-15)13-17(19(16)23-25)21(27)28-2/h3-10,12-13H,11H2,1-2H3. The van der Waals surface area contributed by atoms with Crippen LogP contribution in [0.15, 0.2) is 66.0 Å². The van der Waals surface area contributed by atoms with Crippen LogP contribution in [0, 0.1) is 6.92 Å². The second-order valence-electron chi connectivity index (χ2n) is 6.46. The molecule has 0 unspecified atom stereocenters. The van der Waals surface area contributed by atoms with Crippen molar-refractivity contribution in [3.05, 3.63) is 88.2 Å². The van der Waals surface area contributed by atoms with Crippen LogP contribution in [0.1, 0.15) is 21.5 Å². The Hall–Kier alpha value is -3.74. The van der Waals surface area contributed by atoms with Crippen molar-refractivity contribution in [2.75, 3.05) is 7.11 Å². The number of rotatable bonds is 4. The van der Waals surface area contributed by atoms with Gasteiger partial charge in [0.1, 0.15) is 11.3 Å². The van der Waals surface area contributed by atoms with E-state index in [1.165, 1.54) is 11.8 Å². The van der Waals surface area contributed by atoms with Gasteiger partial charge < -0.3 is 9.30 Å². The van der Waals surface area contributed by atoms with Crippen LogP contribution in [0.4, 0.5) is 0 Å². The van der Waals surface area contributed by atoms with E-state index in [4.69, 9.17) is 4.74 Å². The van der Waals surface area contributed by atoms with E-state index in [9.17, 15) is 9.59 Å².